The van der Waals surface area contributed by atoms with Crippen molar-refractivity contribution in [1.29, 1.82) is 0 Å². The molecule has 2 atom stereocenters. The standard InChI is InChI=1S/C21H26N2O4S/c1-28-13-11-18(22-20(24)14-27-15-6-3-2-4-7-15)21(25)23-17-8-5-9-19-16(17)10-12-26-19/h2-4,6-7,10,12,17-18H,5,8-9,11,13-14H2,1H3,(H,22,24)(H,23,25). The second kappa shape index (κ2) is 10.2. The summed E-state index contributed by atoms with van der Waals surface area (Å²) in [6.07, 6.45) is 6.96. The van der Waals surface area contributed by atoms with Crippen LogP contribution in [0.5, 0.6) is 5.75 Å². The maximum absolute atomic E-state index is 12.9. The maximum Gasteiger partial charge on any atom is 0.258 e. The predicted octanol–water partition coefficient (Wildman–Crippen LogP) is 3.09. The lowest BCUT2D eigenvalue weighted by atomic mass is 9.93. The first kappa shape index (κ1) is 20.3. The molecule has 2 N–H and O–H groups in total. The van der Waals surface area contributed by atoms with Crippen LogP contribution in [0.4, 0.5) is 0 Å². The Morgan fingerprint density at radius 3 is 2.89 bits per heavy atom. The molecule has 7 heteroatoms. The number of hydrogen-bond donors (Lipinski definition) is 2. The third kappa shape index (κ3) is 5.55. The van der Waals surface area contributed by atoms with E-state index in [1.807, 2.05) is 30.5 Å². The lowest BCUT2D eigenvalue weighted by Gasteiger charge is -2.26. The van der Waals surface area contributed by atoms with Crippen molar-refractivity contribution in [2.24, 2.45) is 0 Å². The summed E-state index contributed by atoms with van der Waals surface area (Å²) < 4.78 is 11.0. The van der Waals surface area contributed by atoms with Crippen molar-refractivity contribution < 1.29 is 18.7 Å². The van der Waals surface area contributed by atoms with E-state index >= 15 is 0 Å². The third-order valence-electron chi connectivity index (χ3n) is 4.74. The van der Waals surface area contributed by atoms with Crippen LogP contribution < -0.4 is 15.4 Å². The lowest BCUT2D eigenvalue weighted by Crippen LogP contribution is -2.49. The zero-order valence-corrected chi connectivity index (χ0v) is 16.8. The number of rotatable bonds is 9. The fourth-order valence-electron chi connectivity index (χ4n) is 3.31. The lowest BCUT2D eigenvalue weighted by molar-refractivity contribution is -0.130. The number of para-hydroxylation sites is 1. The van der Waals surface area contributed by atoms with Gasteiger partial charge in [0.1, 0.15) is 17.6 Å². The minimum atomic E-state index is -0.586. The molecule has 6 nitrogen and oxygen atoms in total. The molecule has 0 radical (unpaired) electrons. The Morgan fingerprint density at radius 2 is 2.11 bits per heavy atom. The molecule has 3 rings (SSSR count). The first-order valence-electron chi connectivity index (χ1n) is 9.50. The van der Waals surface area contributed by atoms with Crippen molar-refractivity contribution >= 4 is 23.6 Å². The van der Waals surface area contributed by atoms with Crippen molar-refractivity contribution in [3.63, 3.8) is 0 Å². The zero-order chi connectivity index (χ0) is 19.8. The molecule has 2 amide bonds. The van der Waals surface area contributed by atoms with Crippen LogP contribution in [0, 0.1) is 0 Å². The van der Waals surface area contributed by atoms with Gasteiger partial charge in [0.25, 0.3) is 5.91 Å². The molecule has 0 spiro atoms. The van der Waals surface area contributed by atoms with E-state index in [9.17, 15) is 9.59 Å². The molecule has 1 aliphatic carbocycles. The SMILES string of the molecule is CSCCC(NC(=O)COc1ccccc1)C(=O)NC1CCCc2occc21. The van der Waals surface area contributed by atoms with Crippen molar-refractivity contribution in [1.82, 2.24) is 10.6 Å². The predicted molar refractivity (Wildman–Crippen MR) is 109 cm³/mol. The number of carbonyl (C=O) groups is 2. The highest BCUT2D eigenvalue weighted by atomic mass is 32.2. The van der Waals surface area contributed by atoms with E-state index in [-0.39, 0.29) is 24.5 Å². The molecular weight excluding hydrogens is 376 g/mol. The van der Waals surface area contributed by atoms with Gasteiger partial charge < -0.3 is 19.8 Å². The Bertz CT molecular complexity index is 778. The topological polar surface area (TPSA) is 80.6 Å². The summed E-state index contributed by atoms with van der Waals surface area (Å²) in [4.78, 5) is 25.2. The van der Waals surface area contributed by atoms with Gasteiger partial charge in [-0.25, -0.2) is 0 Å². The zero-order valence-electron chi connectivity index (χ0n) is 16.0. The summed E-state index contributed by atoms with van der Waals surface area (Å²) in [5, 5.41) is 5.90. The van der Waals surface area contributed by atoms with E-state index in [1.165, 1.54) is 0 Å². The second-order valence-electron chi connectivity index (χ2n) is 6.76. The van der Waals surface area contributed by atoms with Crippen LogP contribution >= 0.6 is 11.8 Å². The van der Waals surface area contributed by atoms with Gasteiger partial charge in [0.2, 0.25) is 5.91 Å². The molecule has 0 saturated heterocycles. The number of hydrogen-bond acceptors (Lipinski definition) is 5. The van der Waals surface area contributed by atoms with Gasteiger partial charge in [0.15, 0.2) is 6.61 Å². The number of amides is 2. The monoisotopic (exact) mass is 402 g/mol. The first-order chi connectivity index (χ1) is 13.7. The maximum atomic E-state index is 12.9. The van der Waals surface area contributed by atoms with Gasteiger partial charge in [-0.05, 0) is 49.5 Å². The molecule has 0 aliphatic heterocycles. The van der Waals surface area contributed by atoms with Gasteiger partial charge in [0, 0.05) is 12.0 Å². The molecule has 150 valence electrons. The van der Waals surface area contributed by atoms with Crippen LogP contribution in [0.25, 0.3) is 0 Å². The van der Waals surface area contributed by atoms with Crippen molar-refractivity contribution in [2.45, 2.75) is 37.8 Å². The van der Waals surface area contributed by atoms with Crippen LogP contribution in [0.15, 0.2) is 47.1 Å². The molecule has 0 bridgehead atoms. The number of benzene rings is 1. The molecule has 1 heterocycles. The first-order valence-corrected chi connectivity index (χ1v) is 10.9. The highest BCUT2D eigenvalue weighted by Gasteiger charge is 2.27. The number of ether oxygens (including phenoxy) is 1. The number of fused-ring (bicyclic) bond motifs is 1. The normalized spacial score (nSPS) is 16.7. The van der Waals surface area contributed by atoms with E-state index in [0.29, 0.717) is 12.2 Å². The van der Waals surface area contributed by atoms with E-state index in [1.54, 1.807) is 30.2 Å². The number of carbonyl (C=O) groups excluding carboxylic acids is 2. The van der Waals surface area contributed by atoms with E-state index in [2.05, 4.69) is 10.6 Å². The summed E-state index contributed by atoms with van der Waals surface area (Å²) >= 11 is 1.64. The highest BCUT2D eigenvalue weighted by molar-refractivity contribution is 7.98. The highest BCUT2D eigenvalue weighted by Crippen LogP contribution is 2.30. The number of thioether (sulfide) groups is 1. The molecule has 0 saturated carbocycles. The van der Waals surface area contributed by atoms with Crippen LogP contribution in [0.1, 0.15) is 36.6 Å². The largest absolute Gasteiger partial charge is 0.484 e. The van der Waals surface area contributed by atoms with Gasteiger partial charge in [-0.2, -0.15) is 11.8 Å². The van der Waals surface area contributed by atoms with Gasteiger partial charge in [-0.1, -0.05) is 18.2 Å². The summed E-state index contributed by atoms with van der Waals surface area (Å²) in [6.45, 7) is -0.123. The number of aryl methyl sites for hydroxylation is 1. The average molecular weight is 403 g/mol. The summed E-state index contributed by atoms with van der Waals surface area (Å²) in [5.74, 6) is 1.87. The van der Waals surface area contributed by atoms with E-state index in [0.717, 1.165) is 36.3 Å². The van der Waals surface area contributed by atoms with Crippen LogP contribution in [0.2, 0.25) is 0 Å². The van der Waals surface area contributed by atoms with E-state index in [4.69, 9.17) is 9.15 Å². The Morgan fingerprint density at radius 1 is 1.29 bits per heavy atom. The minimum absolute atomic E-state index is 0.0655. The number of nitrogens with one attached hydrogen (secondary N) is 2. The Balaban J connectivity index is 1.56. The van der Waals surface area contributed by atoms with Crippen molar-refractivity contribution in [3.05, 3.63) is 54.0 Å². The van der Waals surface area contributed by atoms with E-state index < -0.39 is 6.04 Å². The van der Waals surface area contributed by atoms with Gasteiger partial charge in [-0.3, -0.25) is 9.59 Å². The molecule has 1 aliphatic rings. The fraction of sp³-hybridized carbons (Fsp3) is 0.429. The van der Waals surface area contributed by atoms with Gasteiger partial charge >= 0.3 is 0 Å². The van der Waals surface area contributed by atoms with Crippen molar-refractivity contribution in [2.75, 3.05) is 18.6 Å². The van der Waals surface area contributed by atoms with Gasteiger partial charge in [0.05, 0.1) is 12.3 Å². The summed E-state index contributed by atoms with van der Waals surface area (Å²) in [7, 11) is 0. The van der Waals surface area contributed by atoms with Crippen LogP contribution in [-0.4, -0.2) is 36.5 Å². The number of furan rings is 1. The third-order valence-corrected chi connectivity index (χ3v) is 5.39. The van der Waals surface area contributed by atoms with Crippen LogP contribution in [-0.2, 0) is 16.0 Å². The van der Waals surface area contributed by atoms with Crippen LogP contribution in [0.3, 0.4) is 0 Å². The Kier molecular flexibility index (Phi) is 7.42. The van der Waals surface area contributed by atoms with Gasteiger partial charge in [-0.15, -0.1) is 0 Å². The smallest absolute Gasteiger partial charge is 0.258 e. The molecule has 2 unspecified atom stereocenters. The van der Waals surface area contributed by atoms with Crippen molar-refractivity contribution in [3.8, 4) is 5.75 Å². The molecule has 1 aromatic carbocycles. The Labute approximate surface area is 169 Å². The minimum Gasteiger partial charge on any atom is -0.484 e. The Hall–Kier alpha value is -2.41. The quantitative estimate of drug-likeness (QED) is 0.674. The molecular formula is C21H26N2O4S. The molecule has 2 aromatic rings. The summed E-state index contributed by atoms with van der Waals surface area (Å²) in [5.41, 5.74) is 1.04. The fourth-order valence-corrected chi connectivity index (χ4v) is 3.79. The average Bonchev–Trinajstić information content (AvgIpc) is 3.20. The molecule has 28 heavy (non-hydrogen) atoms. The molecule has 0 fully saturated rings. The summed E-state index contributed by atoms with van der Waals surface area (Å²) in [6, 6.07) is 10.4. The second-order valence-corrected chi connectivity index (χ2v) is 7.74. The molecule has 1 aromatic heterocycles.